The van der Waals surface area contributed by atoms with Crippen molar-refractivity contribution >= 4 is 5.91 Å². The molecule has 0 bridgehead atoms. The monoisotopic (exact) mass is 264 g/mol. The van der Waals surface area contributed by atoms with Crippen molar-refractivity contribution in [3.63, 3.8) is 0 Å². The van der Waals surface area contributed by atoms with Crippen LogP contribution in [0.25, 0.3) is 0 Å². The molecule has 3 N–H and O–H groups in total. The molecule has 0 fully saturated rings. The van der Waals surface area contributed by atoms with E-state index in [0.717, 1.165) is 5.56 Å². The molecule has 1 amide bonds. The number of hydrogen-bond donors (Lipinski definition) is 2. The molecule has 1 aromatic carbocycles. The topological polar surface area (TPSA) is 73.6 Å². The molecule has 1 aromatic rings. The molecule has 1 rings (SSSR count). The first-order chi connectivity index (χ1) is 9.21. The molecule has 0 saturated carbocycles. The predicted molar refractivity (Wildman–Crippen MR) is 74.5 cm³/mol. The maximum atomic E-state index is 11.5. The number of nitrogens with two attached hydrogens (primary N) is 1. The van der Waals surface area contributed by atoms with Crippen LogP contribution in [0.15, 0.2) is 30.9 Å². The standard InChI is InChI=1S/C14H20N2O3/c1-3-8-16-14(17)10-19-13-9-12(18-2)5-4-11(13)6-7-15/h3-5,9H,1,6-8,10,15H2,2H3,(H,16,17). The van der Waals surface area contributed by atoms with Crippen molar-refractivity contribution in [3.8, 4) is 11.5 Å². The van der Waals surface area contributed by atoms with Crippen LogP contribution in [0.1, 0.15) is 5.56 Å². The van der Waals surface area contributed by atoms with Crippen LogP contribution in [0.2, 0.25) is 0 Å². The summed E-state index contributed by atoms with van der Waals surface area (Å²) in [6.45, 7) is 4.43. The van der Waals surface area contributed by atoms with Crippen molar-refractivity contribution in [2.45, 2.75) is 6.42 Å². The molecular weight excluding hydrogens is 244 g/mol. The Balaban J connectivity index is 2.68. The number of hydrogen-bond acceptors (Lipinski definition) is 4. The van der Waals surface area contributed by atoms with Gasteiger partial charge in [0.15, 0.2) is 6.61 Å². The number of ether oxygens (including phenoxy) is 2. The Labute approximate surface area is 113 Å². The van der Waals surface area contributed by atoms with Gasteiger partial charge in [-0.15, -0.1) is 6.58 Å². The summed E-state index contributed by atoms with van der Waals surface area (Å²) in [6.07, 6.45) is 2.30. The van der Waals surface area contributed by atoms with Crippen LogP contribution in [-0.2, 0) is 11.2 Å². The first-order valence-corrected chi connectivity index (χ1v) is 6.08. The van der Waals surface area contributed by atoms with Gasteiger partial charge in [0.05, 0.1) is 7.11 Å². The molecule has 0 radical (unpaired) electrons. The average Bonchev–Trinajstić information content (AvgIpc) is 2.44. The van der Waals surface area contributed by atoms with Crippen molar-refractivity contribution in [2.24, 2.45) is 5.73 Å². The molecule has 0 aromatic heterocycles. The number of nitrogens with one attached hydrogen (secondary N) is 1. The van der Waals surface area contributed by atoms with Crippen LogP contribution in [0.3, 0.4) is 0 Å². The zero-order valence-electron chi connectivity index (χ0n) is 11.1. The second-order valence-corrected chi connectivity index (χ2v) is 3.89. The zero-order valence-corrected chi connectivity index (χ0v) is 11.1. The van der Waals surface area contributed by atoms with Crippen LogP contribution < -0.4 is 20.5 Å². The second-order valence-electron chi connectivity index (χ2n) is 3.89. The summed E-state index contributed by atoms with van der Waals surface area (Å²) in [5.41, 5.74) is 6.50. The minimum absolute atomic E-state index is 0.0431. The minimum atomic E-state index is -0.193. The van der Waals surface area contributed by atoms with Gasteiger partial charge in [-0.1, -0.05) is 12.1 Å². The molecule has 0 aliphatic carbocycles. The Morgan fingerprint density at radius 3 is 2.95 bits per heavy atom. The lowest BCUT2D eigenvalue weighted by molar-refractivity contribution is -0.122. The fraction of sp³-hybridized carbons (Fsp3) is 0.357. The maximum Gasteiger partial charge on any atom is 0.258 e. The quantitative estimate of drug-likeness (QED) is 0.684. The van der Waals surface area contributed by atoms with Crippen molar-refractivity contribution in [1.82, 2.24) is 5.32 Å². The van der Waals surface area contributed by atoms with E-state index in [1.165, 1.54) is 0 Å². The molecule has 5 heteroatoms. The highest BCUT2D eigenvalue weighted by molar-refractivity contribution is 5.77. The first-order valence-electron chi connectivity index (χ1n) is 6.08. The van der Waals surface area contributed by atoms with E-state index in [-0.39, 0.29) is 12.5 Å². The average molecular weight is 264 g/mol. The molecule has 19 heavy (non-hydrogen) atoms. The Bertz CT molecular complexity index is 433. The van der Waals surface area contributed by atoms with Crippen LogP contribution in [0, 0.1) is 0 Å². The molecule has 104 valence electrons. The van der Waals surface area contributed by atoms with Crippen LogP contribution in [0.4, 0.5) is 0 Å². The summed E-state index contributed by atoms with van der Waals surface area (Å²) in [6, 6.07) is 5.49. The van der Waals surface area contributed by atoms with Crippen LogP contribution in [-0.4, -0.2) is 32.7 Å². The molecule has 0 unspecified atom stereocenters. The van der Waals surface area contributed by atoms with Crippen molar-refractivity contribution in [1.29, 1.82) is 0 Å². The molecule has 0 aliphatic rings. The Morgan fingerprint density at radius 1 is 1.53 bits per heavy atom. The van der Waals surface area contributed by atoms with E-state index in [1.54, 1.807) is 19.3 Å². The smallest absolute Gasteiger partial charge is 0.258 e. The Kier molecular flexibility index (Phi) is 6.46. The van der Waals surface area contributed by atoms with E-state index in [4.69, 9.17) is 15.2 Å². The number of methoxy groups -OCH3 is 1. The van der Waals surface area contributed by atoms with E-state index >= 15 is 0 Å². The molecule has 0 spiro atoms. The predicted octanol–water partition coefficient (Wildman–Crippen LogP) is 0.877. The van der Waals surface area contributed by atoms with Gasteiger partial charge in [0.25, 0.3) is 5.91 Å². The lowest BCUT2D eigenvalue weighted by atomic mass is 10.1. The summed E-state index contributed by atoms with van der Waals surface area (Å²) in [5, 5.41) is 2.64. The van der Waals surface area contributed by atoms with Gasteiger partial charge in [0.2, 0.25) is 0 Å². The summed E-state index contributed by atoms with van der Waals surface area (Å²) in [4.78, 5) is 11.5. The van der Waals surface area contributed by atoms with E-state index in [1.807, 2.05) is 12.1 Å². The van der Waals surface area contributed by atoms with Gasteiger partial charge in [-0.05, 0) is 24.6 Å². The van der Waals surface area contributed by atoms with Gasteiger partial charge in [0, 0.05) is 12.6 Å². The SMILES string of the molecule is C=CCNC(=O)COc1cc(OC)ccc1CCN. The second kappa shape index (κ2) is 8.16. The van der Waals surface area contributed by atoms with E-state index in [2.05, 4.69) is 11.9 Å². The highest BCUT2D eigenvalue weighted by Gasteiger charge is 2.08. The highest BCUT2D eigenvalue weighted by atomic mass is 16.5. The van der Waals surface area contributed by atoms with Gasteiger partial charge >= 0.3 is 0 Å². The fourth-order valence-corrected chi connectivity index (χ4v) is 1.54. The van der Waals surface area contributed by atoms with Crippen molar-refractivity contribution in [2.75, 3.05) is 26.8 Å². The first kappa shape index (κ1) is 15.0. The van der Waals surface area contributed by atoms with Crippen molar-refractivity contribution in [3.05, 3.63) is 36.4 Å². The molecule has 0 atom stereocenters. The highest BCUT2D eigenvalue weighted by Crippen LogP contribution is 2.25. The Morgan fingerprint density at radius 2 is 2.32 bits per heavy atom. The van der Waals surface area contributed by atoms with Gasteiger partial charge in [-0.3, -0.25) is 4.79 Å². The summed E-state index contributed by atoms with van der Waals surface area (Å²) >= 11 is 0. The number of rotatable bonds is 8. The Hall–Kier alpha value is -2.01. The van der Waals surface area contributed by atoms with E-state index < -0.39 is 0 Å². The van der Waals surface area contributed by atoms with E-state index in [9.17, 15) is 4.79 Å². The molecule has 5 nitrogen and oxygen atoms in total. The van der Waals surface area contributed by atoms with Gasteiger partial charge in [-0.25, -0.2) is 0 Å². The maximum absolute atomic E-state index is 11.5. The lowest BCUT2D eigenvalue weighted by Gasteiger charge is -2.12. The fourth-order valence-electron chi connectivity index (χ4n) is 1.54. The van der Waals surface area contributed by atoms with Gasteiger partial charge in [-0.2, -0.15) is 0 Å². The van der Waals surface area contributed by atoms with Crippen LogP contribution in [0.5, 0.6) is 11.5 Å². The molecule has 0 heterocycles. The third-order valence-corrected chi connectivity index (χ3v) is 2.49. The van der Waals surface area contributed by atoms with E-state index in [0.29, 0.717) is 31.0 Å². The largest absolute Gasteiger partial charge is 0.497 e. The third kappa shape index (κ3) is 5.01. The number of benzene rings is 1. The minimum Gasteiger partial charge on any atom is -0.497 e. The zero-order chi connectivity index (χ0) is 14.1. The van der Waals surface area contributed by atoms with Gasteiger partial charge in [0.1, 0.15) is 11.5 Å². The molecule has 0 saturated heterocycles. The van der Waals surface area contributed by atoms with Crippen molar-refractivity contribution < 1.29 is 14.3 Å². The third-order valence-electron chi connectivity index (χ3n) is 2.49. The summed E-state index contributed by atoms with van der Waals surface area (Å²) in [7, 11) is 1.58. The molecule has 0 aliphatic heterocycles. The lowest BCUT2D eigenvalue weighted by Crippen LogP contribution is -2.29. The van der Waals surface area contributed by atoms with Gasteiger partial charge < -0.3 is 20.5 Å². The number of carbonyl (C=O) groups is 1. The number of amides is 1. The van der Waals surface area contributed by atoms with Crippen LogP contribution >= 0.6 is 0 Å². The summed E-state index contributed by atoms with van der Waals surface area (Å²) in [5.74, 6) is 1.11. The molecular formula is C14H20N2O3. The normalized spacial score (nSPS) is 9.79. The summed E-state index contributed by atoms with van der Waals surface area (Å²) < 4.78 is 10.6. The number of carbonyl (C=O) groups excluding carboxylic acids is 1.